The van der Waals surface area contributed by atoms with Gasteiger partial charge in [0, 0.05) is 37.6 Å². The molecular formula is C18H23N5O3. The van der Waals surface area contributed by atoms with Crippen LogP contribution in [-0.4, -0.2) is 69.7 Å². The van der Waals surface area contributed by atoms with Gasteiger partial charge >= 0.3 is 0 Å². The Labute approximate surface area is 151 Å². The highest BCUT2D eigenvalue weighted by Crippen LogP contribution is 2.41. The third kappa shape index (κ3) is 2.73. The maximum atomic E-state index is 12.8. The van der Waals surface area contributed by atoms with Crippen LogP contribution >= 0.6 is 0 Å². The Morgan fingerprint density at radius 2 is 2.19 bits per heavy atom. The highest BCUT2D eigenvalue weighted by molar-refractivity contribution is 5.96. The van der Waals surface area contributed by atoms with Crippen LogP contribution in [0.4, 0.5) is 0 Å². The molecule has 1 unspecified atom stereocenters. The molecule has 0 bridgehead atoms. The number of aromatic amines is 1. The van der Waals surface area contributed by atoms with E-state index in [-0.39, 0.29) is 11.9 Å². The summed E-state index contributed by atoms with van der Waals surface area (Å²) in [6, 6.07) is 2.20. The second-order valence-electron chi connectivity index (χ2n) is 7.45. The lowest BCUT2D eigenvalue weighted by molar-refractivity contribution is -0.0712. The number of nitrogens with one attached hydrogen (secondary N) is 1. The first-order valence-corrected chi connectivity index (χ1v) is 9.31. The third-order valence-corrected chi connectivity index (χ3v) is 5.61. The zero-order valence-corrected chi connectivity index (χ0v) is 14.9. The van der Waals surface area contributed by atoms with Crippen LogP contribution < -0.4 is 0 Å². The lowest BCUT2D eigenvalue weighted by Gasteiger charge is -2.48. The van der Waals surface area contributed by atoms with Crippen LogP contribution in [0, 0.1) is 6.92 Å². The number of H-pyrrole nitrogens is 1. The van der Waals surface area contributed by atoms with Crippen LogP contribution in [0.25, 0.3) is 0 Å². The Kier molecular flexibility index (Phi) is 3.82. The average Bonchev–Trinajstić information content (AvgIpc) is 3.17. The molecule has 2 aromatic rings. The summed E-state index contributed by atoms with van der Waals surface area (Å²) in [4.78, 5) is 24.8. The van der Waals surface area contributed by atoms with Gasteiger partial charge in [-0.2, -0.15) is 4.98 Å². The largest absolute Gasteiger partial charge is 0.378 e. The van der Waals surface area contributed by atoms with Crippen molar-refractivity contribution in [2.45, 2.75) is 37.8 Å². The average molecular weight is 357 g/mol. The van der Waals surface area contributed by atoms with Crippen molar-refractivity contribution < 1.29 is 14.1 Å². The minimum absolute atomic E-state index is 0.0264. The summed E-state index contributed by atoms with van der Waals surface area (Å²) in [7, 11) is 0. The predicted molar refractivity (Wildman–Crippen MR) is 91.8 cm³/mol. The van der Waals surface area contributed by atoms with Crippen LogP contribution in [-0.2, 0) is 4.74 Å². The van der Waals surface area contributed by atoms with Crippen LogP contribution in [0.5, 0.6) is 0 Å². The van der Waals surface area contributed by atoms with E-state index in [2.05, 4.69) is 20.0 Å². The second-order valence-corrected chi connectivity index (χ2v) is 7.45. The fourth-order valence-electron chi connectivity index (χ4n) is 3.99. The van der Waals surface area contributed by atoms with Crippen molar-refractivity contribution in [1.82, 2.24) is 24.9 Å². The van der Waals surface area contributed by atoms with Crippen LogP contribution in [0.1, 0.15) is 52.6 Å². The summed E-state index contributed by atoms with van der Waals surface area (Å²) in [5.41, 5.74) is 1.96. The van der Waals surface area contributed by atoms with E-state index < -0.39 is 0 Å². The molecule has 0 spiro atoms. The number of likely N-dealkylation sites (tertiary alicyclic amines) is 1. The molecule has 3 fully saturated rings. The number of rotatable bonds is 4. The third-order valence-electron chi connectivity index (χ3n) is 5.61. The van der Waals surface area contributed by atoms with Gasteiger partial charge in [-0.05, 0) is 31.7 Å². The van der Waals surface area contributed by atoms with E-state index in [0.717, 1.165) is 30.9 Å². The number of ether oxygens (including phenoxy) is 1. The van der Waals surface area contributed by atoms with Crippen molar-refractivity contribution in [3.8, 4) is 0 Å². The Balaban J connectivity index is 1.26. The van der Waals surface area contributed by atoms with Gasteiger partial charge in [0.05, 0.1) is 18.8 Å². The van der Waals surface area contributed by atoms with Crippen molar-refractivity contribution in [2.24, 2.45) is 0 Å². The topological polar surface area (TPSA) is 87.5 Å². The van der Waals surface area contributed by atoms with Crippen molar-refractivity contribution in [1.29, 1.82) is 0 Å². The van der Waals surface area contributed by atoms with E-state index in [4.69, 9.17) is 9.26 Å². The Morgan fingerprint density at radius 3 is 2.92 bits per heavy atom. The van der Waals surface area contributed by atoms with E-state index >= 15 is 0 Å². The lowest BCUT2D eigenvalue weighted by atomic mass is 10.0. The van der Waals surface area contributed by atoms with Crippen molar-refractivity contribution in [3.63, 3.8) is 0 Å². The molecule has 8 heteroatoms. The van der Waals surface area contributed by atoms with E-state index in [9.17, 15) is 4.79 Å². The highest BCUT2D eigenvalue weighted by atomic mass is 16.5. The summed E-state index contributed by atoms with van der Waals surface area (Å²) in [5.74, 6) is 1.93. The van der Waals surface area contributed by atoms with E-state index in [1.807, 2.05) is 24.1 Å². The summed E-state index contributed by atoms with van der Waals surface area (Å²) in [5, 5.41) is 3.90. The van der Waals surface area contributed by atoms with Gasteiger partial charge in [0.1, 0.15) is 6.04 Å². The van der Waals surface area contributed by atoms with Gasteiger partial charge < -0.3 is 19.1 Å². The normalized spacial score (nSPS) is 24.7. The van der Waals surface area contributed by atoms with Crippen molar-refractivity contribution in [3.05, 3.63) is 35.2 Å². The molecule has 0 aromatic carbocycles. The van der Waals surface area contributed by atoms with Gasteiger partial charge in [0.2, 0.25) is 5.89 Å². The molecule has 5 rings (SSSR count). The monoisotopic (exact) mass is 357 g/mol. The first-order chi connectivity index (χ1) is 12.7. The molecule has 1 amide bonds. The molecule has 2 saturated heterocycles. The van der Waals surface area contributed by atoms with Gasteiger partial charge in [-0.1, -0.05) is 5.16 Å². The molecule has 3 aliphatic rings. The lowest BCUT2D eigenvalue weighted by Crippen LogP contribution is -2.63. The summed E-state index contributed by atoms with van der Waals surface area (Å²) in [6.07, 6.45) is 4.25. The molecule has 0 radical (unpaired) electrons. The van der Waals surface area contributed by atoms with E-state index in [1.165, 1.54) is 12.8 Å². The molecule has 8 nitrogen and oxygen atoms in total. The van der Waals surface area contributed by atoms with Crippen LogP contribution in [0.2, 0.25) is 0 Å². The molecular weight excluding hydrogens is 334 g/mol. The zero-order valence-electron chi connectivity index (χ0n) is 14.9. The summed E-state index contributed by atoms with van der Waals surface area (Å²) < 4.78 is 11.0. The quantitative estimate of drug-likeness (QED) is 0.892. The molecule has 4 heterocycles. The Hall–Kier alpha value is -2.19. The zero-order chi connectivity index (χ0) is 17.7. The number of aromatic nitrogens is 3. The number of nitrogens with zero attached hydrogens (tertiary/aromatic N) is 4. The van der Waals surface area contributed by atoms with Crippen molar-refractivity contribution in [2.75, 3.05) is 32.8 Å². The highest BCUT2D eigenvalue weighted by Gasteiger charge is 2.42. The minimum Gasteiger partial charge on any atom is -0.378 e. The smallest absolute Gasteiger partial charge is 0.255 e. The molecule has 2 aliphatic heterocycles. The molecule has 26 heavy (non-hydrogen) atoms. The summed E-state index contributed by atoms with van der Waals surface area (Å²) in [6.45, 7) is 5.35. The maximum absolute atomic E-state index is 12.8. The van der Waals surface area contributed by atoms with Gasteiger partial charge in [-0.25, -0.2) is 0 Å². The molecule has 138 valence electrons. The van der Waals surface area contributed by atoms with Crippen LogP contribution in [0.15, 0.2) is 16.8 Å². The fourth-order valence-corrected chi connectivity index (χ4v) is 3.99. The van der Waals surface area contributed by atoms with E-state index in [0.29, 0.717) is 36.9 Å². The number of carbonyl (C=O) groups is 1. The SMILES string of the molecule is Cc1noc(C2COCCN2C2CN(C(=O)c3cc[nH]c3C3CC3)C2)n1. The maximum Gasteiger partial charge on any atom is 0.255 e. The predicted octanol–water partition coefficient (Wildman–Crippen LogP) is 1.48. The van der Waals surface area contributed by atoms with Gasteiger partial charge in [-0.15, -0.1) is 0 Å². The number of carbonyl (C=O) groups excluding carboxylic acids is 1. The number of hydrogen-bond acceptors (Lipinski definition) is 6. The number of morpholine rings is 1. The molecule has 1 aliphatic carbocycles. The van der Waals surface area contributed by atoms with Crippen LogP contribution in [0.3, 0.4) is 0 Å². The molecule has 1 saturated carbocycles. The molecule has 1 atom stereocenters. The first-order valence-electron chi connectivity index (χ1n) is 9.31. The molecule has 2 aromatic heterocycles. The van der Waals surface area contributed by atoms with E-state index in [1.54, 1.807) is 0 Å². The van der Waals surface area contributed by atoms with Gasteiger partial charge in [0.25, 0.3) is 5.91 Å². The Morgan fingerprint density at radius 1 is 1.35 bits per heavy atom. The minimum atomic E-state index is -0.0264. The Bertz CT molecular complexity index is 805. The number of aryl methyl sites for hydroxylation is 1. The standard InChI is InChI=1S/C18H23N5O3/c1-11-20-17(26-21-11)15-10-25-7-6-23(15)13-8-22(9-13)18(24)14-4-5-19-16(14)12-2-3-12/h4-5,12-13,15,19H,2-3,6-10H2,1H3. The van der Waals surface area contributed by atoms with Gasteiger partial charge in [-0.3, -0.25) is 9.69 Å². The van der Waals surface area contributed by atoms with Gasteiger partial charge in [0.15, 0.2) is 5.82 Å². The molecule has 1 N–H and O–H groups in total. The number of hydrogen-bond donors (Lipinski definition) is 1. The summed E-state index contributed by atoms with van der Waals surface area (Å²) >= 11 is 0. The fraction of sp³-hybridized carbons (Fsp3) is 0.611. The second kappa shape index (κ2) is 6.21. The number of amides is 1. The van der Waals surface area contributed by atoms with Crippen molar-refractivity contribution >= 4 is 5.91 Å². The first kappa shape index (κ1) is 16.0.